The van der Waals surface area contributed by atoms with Crippen molar-refractivity contribution in [1.29, 1.82) is 0 Å². The second-order valence-electron chi connectivity index (χ2n) is 5.32. The molecule has 1 aliphatic heterocycles. The van der Waals surface area contributed by atoms with E-state index >= 15 is 0 Å². The second kappa shape index (κ2) is 6.41. The highest BCUT2D eigenvalue weighted by Crippen LogP contribution is 2.29. The van der Waals surface area contributed by atoms with Gasteiger partial charge in [-0.25, -0.2) is 13.1 Å². The van der Waals surface area contributed by atoms with Gasteiger partial charge >= 0.3 is 0 Å². The van der Waals surface area contributed by atoms with E-state index in [0.29, 0.717) is 16.8 Å². The van der Waals surface area contributed by atoms with Crippen molar-refractivity contribution < 1.29 is 17.7 Å². The summed E-state index contributed by atoms with van der Waals surface area (Å²) in [5, 5.41) is 3.91. The number of fused-ring (bicyclic) bond motifs is 1. The second-order valence-corrected chi connectivity index (χ2v) is 9.02. The first kappa shape index (κ1) is 16.5. The normalized spacial score (nSPS) is 13.6. The number of aromatic nitrogens is 2. The molecule has 25 heavy (non-hydrogen) atoms. The smallest absolute Gasteiger partial charge is 0.250 e. The molecule has 10 heteroatoms. The Labute approximate surface area is 152 Å². The molecular weight excluding hydrogens is 386 g/mol. The van der Waals surface area contributed by atoms with Crippen LogP contribution in [0.5, 0.6) is 5.75 Å². The van der Waals surface area contributed by atoms with Crippen LogP contribution in [-0.4, -0.2) is 25.2 Å². The maximum absolute atomic E-state index is 12.2. The van der Waals surface area contributed by atoms with E-state index in [4.69, 9.17) is 20.9 Å². The van der Waals surface area contributed by atoms with Crippen molar-refractivity contribution in [3.05, 3.63) is 46.1 Å². The zero-order valence-corrected chi connectivity index (χ0v) is 15.1. The Morgan fingerprint density at radius 2 is 2.16 bits per heavy atom. The predicted octanol–water partition coefficient (Wildman–Crippen LogP) is 2.86. The van der Waals surface area contributed by atoms with E-state index in [1.54, 1.807) is 0 Å². The van der Waals surface area contributed by atoms with E-state index in [-0.39, 0.29) is 16.6 Å². The number of nitrogens with zero attached hydrogens (tertiary/aromatic N) is 2. The van der Waals surface area contributed by atoms with Crippen LogP contribution in [0.4, 0.5) is 0 Å². The lowest BCUT2D eigenvalue weighted by atomic mass is 10.1. The van der Waals surface area contributed by atoms with Gasteiger partial charge in [-0.1, -0.05) is 16.8 Å². The topological polar surface area (TPSA) is 94.3 Å². The number of benzene rings is 1. The van der Waals surface area contributed by atoms with Crippen molar-refractivity contribution in [3.63, 3.8) is 0 Å². The van der Waals surface area contributed by atoms with Gasteiger partial charge in [0.2, 0.25) is 11.7 Å². The van der Waals surface area contributed by atoms with Crippen LogP contribution in [0.25, 0.3) is 11.4 Å². The quantitative estimate of drug-likeness (QED) is 0.711. The maximum atomic E-state index is 12.2. The van der Waals surface area contributed by atoms with Crippen LogP contribution in [0.3, 0.4) is 0 Å². The number of hydrogen-bond acceptors (Lipinski definition) is 7. The van der Waals surface area contributed by atoms with Crippen LogP contribution in [0.15, 0.2) is 39.1 Å². The van der Waals surface area contributed by atoms with Crippen molar-refractivity contribution in [1.82, 2.24) is 14.9 Å². The van der Waals surface area contributed by atoms with Crippen molar-refractivity contribution in [3.8, 4) is 17.1 Å². The fraction of sp³-hybridized carbons (Fsp3) is 0.200. The molecule has 7 nitrogen and oxygen atoms in total. The molecule has 1 aromatic carbocycles. The Hall–Kier alpha value is -1.94. The van der Waals surface area contributed by atoms with Crippen LogP contribution >= 0.6 is 22.9 Å². The lowest BCUT2D eigenvalue weighted by molar-refractivity contribution is 0.357. The predicted molar refractivity (Wildman–Crippen MR) is 92.3 cm³/mol. The van der Waals surface area contributed by atoms with Gasteiger partial charge in [0.25, 0.3) is 10.0 Å². The first-order valence-corrected chi connectivity index (χ1v) is 10.0. The van der Waals surface area contributed by atoms with E-state index in [2.05, 4.69) is 14.9 Å². The first-order valence-electron chi connectivity index (χ1n) is 7.35. The molecule has 0 radical (unpaired) electrons. The minimum Gasteiger partial charge on any atom is -0.493 e. The lowest BCUT2D eigenvalue weighted by Crippen LogP contribution is -2.22. The Morgan fingerprint density at radius 1 is 1.28 bits per heavy atom. The maximum Gasteiger partial charge on any atom is 0.250 e. The summed E-state index contributed by atoms with van der Waals surface area (Å²) in [6, 6.07) is 8.65. The molecule has 130 valence electrons. The van der Waals surface area contributed by atoms with Gasteiger partial charge in [-0.3, -0.25) is 0 Å². The van der Waals surface area contributed by atoms with E-state index in [1.165, 1.54) is 12.1 Å². The monoisotopic (exact) mass is 397 g/mol. The third-order valence-corrected chi connectivity index (χ3v) is 6.77. The molecule has 0 atom stereocenters. The molecule has 0 spiro atoms. The summed E-state index contributed by atoms with van der Waals surface area (Å²) >= 11 is 6.75. The summed E-state index contributed by atoms with van der Waals surface area (Å²) in [7, 11) is -3.66. The van der Waals surface area contributed by atoms with Gasteiger partial charge in [-0.2, -0.15) is 4.98 Å². The summed E-state index contributed by atoms with van der Waals surface area (Å²) in [4.78, 5) is 4.24. The van der Waals surface area contributed by atoms with Gasteiger partial charge in [0.1, 0.15) is 9.96 Å². The van der Waals surface area contributed by atoms with Crippen LogP contribution in [0.2, 0.25) is 4.34 Å². The van der Waals surface area contributed by atoms with Crippen molar-refractivity contribution >= 4 is 33.0 Å². The van der Waals surface area contributed by atoms with Crippen LogP contribution < -0.4 is 9.46 Å². The van der Waals surface area contributed by atoms with E-state index < -0.39 is 10.0 Å². The molecule has 0 saturated heterocycles. The number of thiophene rings is 1. The number of sulfonamides is 1. The number of nitrogens with one attached hydrogen (secondary N) is 1. The zero-order chi connectivity index (χ0) is 17.4. The Balaban J connectivity index is 1.48. The third-order valence-electron chi connectivity index (χ3n) is 3.64. The van der Waals surface area contributed by atoms with Gasteiger partial charge < -0.3 is 9.26 Å². The van der Waals surface area contributed by atoms with Crippen LogP contribution in [-0.2, 0) is 23.0 Å². The number of rotatable bonds is 5. The highest BCUT2D eigenvalue weighted by atomic mass is 35.5. The SMILES string of the molecule is O=S(=O)(NCc1nc(-c2ccc3c(c2)CCO3)no1)c1ccc(Cl)s1. The van der Waals surface area contributed by atoms with Gasteiger partial charge in [-0.15, -0.1) is 11.3 Å². The summed E-state index contributed by atoms with van der Waals surface area (Å²) in [6.07, 6.45) is 0.844. The van der Waals surface area contributed by atoms with E-state index in [1.807, 2.05) is 18.2 Å². The summed E-state index contributed by atoms with van der Waals surface area (Å²) in [5.74, 6) is 1.45. The van der Waals surface area contributed by atoms with Crippen LogP contribution in [0.1, 0.15) is 11.5 Å². The van der Waals surface area contributed by atoms with Gasteiger partial charge in [0.05, 0.1) is 17.5 Å². The minimum atomic E-state index is -3.66. The zero-order valence-electron chi connectivity index (χ0n) is 12.7. The van der Waals surface area contributed by atoms with E-state index in [9.17, 15) is 8.42 Å². The Bertz CT molecular complexity index is 1030. The summed E-state index contributed by atoms with van der Waals surface area (Å²) in [5.41, 5.74) is 1.89. The average Bonchev–Trinajstić information content (AvgIpc) is 3.32. The molecule has 0 unspecified atom stereocenters. The fourth-order valence-corrected chi connectivity index (χ4v) is 4.94. The van der Waals surface area contributed by atoms with Gasteiger partial charge in [0, 0.05) is 12.0 Å². The van der Waals surface area contributed by atoms with Crippen molar-refractivity contribution in [2.45, 2.75) is 17.2 Å². The molecule has 4 rings (SSSR count). The molecule has 2 aromatic heterocycles. The average molecular weight is 398 g/mol. The molecule has 3 heterocycles. The molecule has 1 aliphatic rings. The first-order chi connectivity index (χ1) is 12.0. The fourth-order valence-electron chi connectivity index (χ4n) is 2.44. The Morgan fingerprint density at radius 3 is 2.96 bits per heavy atom. The molecule has 0 saturated carbocycles. The number of ether oxygens (including phenoxy) is 1. The standard InChI is InChI=1S/C15H12ClN3O4S2/c16-12-3-4-14(24-12)25(20,21)17-8-13-18-15(19-23-13)10-1-2-11-9(7-10)5-6-22-11/h1-4,7,17H,5-6,8H2. The highest BCUT2D eigenvalue weighted by Gasteiger charge is 2.19. The molecule has 3 aromatic rings. The summed E-state index contributed by atoms with van der Waals surface area (Å²) < 4.78 is 37.9. The van der Waals surface area contributed by atoms with Gasteiger partial charge in [0.15, 0.2) is 0 Å². The largest absolute Gasteiger partial charge is 0.493 e. The highest BCUT2D eigenvalue weighted by molar-refractivity contribution is 7.91. The van der Waals surface area contributed by atoms with Crippen LogP contribution in [0, 0.1) is 0 Å². The Kier molecular flexibility index (Phi) is 4.24. The third kappa shape index (κ3) is 3.40. The minimum absolute atomic E-state index is 0.0983. The van der Waals surface area contributed by atoms with Crippen molar-refractivity contribution in [2.24, 2.45) is 0 Å². The molecular formula is C15H12ClN3O4S2. The van der Waals surface area contributed by atoms with Crippen molar-refractivity contribution in [2.75, 3.05) is 6.61 Å². The molecule has 0 amide bonds. The lowest BCUT2D eigenvalue weighted by Gasteiger charge is -2.01. The van der Waals surface area contributed by atoms with Gasteiger partial charge in [-0.05, 0) is 35.9 Å². The van der Waals surface area contributed by atoms with E-state index in [0.717, 1.165) is 34.6 Å². The molecule has 0 aliphatic carbocycles. The number of halogens is 1. The molecule has 0 bridgehead atoms. The number of hydrogen-bond donors (Lipinski definition) is 1. The molecule has 1 N–H and O–H groups in total. The summed E-state index contributed by atoms with van der Waals surface area (Å²) in [6.45, 7) is 0.573. The molecule has 0 fully saturated rings.